The number of hydrogen-bond acceptors (Lipinski definition) is 4. The molecule has 0 saturated heterocycles. The third-order valence-corrected chi connectivity index (χ3v) is 5.11. The number of aromatic amines is 1. The van der Waals surface area contributed by atoms with Gasteiger partial charge in [-0.25, -0.2) is 4.98 Å². The van der Waals surface area contributed by atoms with Gasteiger partial charge in [0.1, 0.15) is 23.1 Å². The van der Waals surface area contributed by atoms with Crippen LogP contribution in [0.15, 0.2) is 53.5 Å². The standard InChI is InChI=1S/C20H16N4O3/c25-16-7-3-5-13-18(16)23-17-10-22-19(26)15(24(17)20(13)27)8-11-9-21-14-6-2-1-4-12(11)14/h1-7,9,15,21,25H,8,10H2,(H,22,26). The van der Waals surface area contributed by atoms with Crippen molar-refractivity contribution in [1.82, 2.24) is 19.9 Å². The van der Waals surface area contributed by atoms with Gasteiger partial charge in [-0.15, -0.1) is 0 Å². The van der Waals surface area contributed by atoms with Gasteiger partial charge in [-0.2, -0.15) is 0 Å². The smallest absolute Gasteiger partial charge is 0.262 e. The molecule has 1 atom stereocenters. The van der Waals surface area contributed by atoms with Gasteiger partial charge in [0, 0.05) is 23.5 Å². The minimum Gasteiger partial charge on any atom is -0.506 e. The fourth-order valence-corrected chi connectivity index (χ4v) is 3.79. The highest BCUT2D eigenvalue weighted by atomic mass is 16.3. The molecule has 2 aromatic carbocycles. The molecule has 7 heteroatoms. The second-order valence-electron chi connectivity index (χ2n) is 6.67. The van der Waals surface area contributed by atoms with E-state index in [4.69, 9.17) is 0 Å². The Balaban J connectivity index is 1.69. The molecule has 0 aliphatic carbocycles. The molecule has 134 valence electrons. The molecule has 0 radical (unpaired) electrons. The van der Waals surface area contributed by atoms with E-state index in [-0.39, 0.29) is 29.3 Å². The van der Waals surface area contributed by atoms with Crippen molar-refractivity contribution in [3.63, 3.8) is 0 Å². The molecule has 0 spiro atoms. The minimum atomic E-state index is -0.695. The Morgan fingerprint density at radius 2 is 1.93 bits per heavy atom. The van der Waals surface area contributed by atoms with Crippen molar-refractivity contribution >= 4 is 27.7 Å². The van der Waals surface area contributed by atoms with E-state index < -0.39 is 6.04 Å². The van der Waals surface area contributed by atoms with Crippen LogP contribution in [-0.4, -0.2) is 25.5 Å². The second kappa shape index (κ2) is 5.70. The van der Waals surface area contributed by atoms with E-state index in [0.717, 1.165) is 16.5 Å². The van der Waals surface area contributed by atoms with Gasteiger partial charge in [0.25, 0.3) is 5.56 Å². The number of hydrogen-bond donors (Lipinski definition) is 3. The van der Waals surface area contributed by atoms with E-state index >= 15 is 0 Å². The molecular formula is C20H16N4O3. The molecule has 3 N–H and O–H groups in total. The number of amides is 1. The summed E-state index contributed by atoms with van der Waals surface area (Å²) in [6.45, 7) is 0.155. The van der Waals surface area contributed by atoms with Gasteiger partial charge >= 0.3 is 0 Å². The summed E-state index contributed by atoms with van der Waals surface area (Å²) in [5, 5.41) is 14.2. The summed E-state index contributed by atoms with van der Waals surface area (Å²) in [5.41, 5.74) is 1.89. The minimum absolute atomic E-state index is 0.0434. The first kappa shape index (κ1) is 15.6. The normalized spacial score (nSPS) is 16.4. The summed E-state index contributed by atoms with van der Waals surface area (Å²) in [4.78, 5) is 33.4. The van der Waals surface area contributed by atoms with Crippen LogP contribution < -0.4 is 10.9 Å². The Morgan fingerprint density at radius 3 is 2.81 bits per heavy atom. The van der Waals surface area contributed by atoms with Crippen LogP contribution in [0.3, 0.4) is 0 Å². The molecule has 1 amide bonds. The number of carbonyl (C=O) groups excluding carboxylic acids is 1. The van der Waals surface area contributed by atoms with Crippen molar-refractivity contribution < 1.29 is 9.90 Å². The van der Waals surface area contributed by atoms with Crippen LogP contribution in [-0.2, 0) is 17.8 Å². The van der Waals surface area contributed by atoms with Crippen molar-refractivity contribution in [2.75, 3.05) is 0 Å². The lowest BCUT2D eigenvalue weighted by Gasteiger charge is -2.27. The maximum atomic E-state index is 13.1. The Hall–Kier alpha value is -3.61. The number of aromatic nitrogens is 3. The van der Waals surface area contributed by atoms with E-state index in [1.165, 1.54) is 10.6 Å². The molecule has 3 heterocycles. The number of benzene rings is 2. The monoisotopic (exact) mass is 360 g/mol. The summed E-state index contributed by atoms with van der Waals surface area (Å²) in [5.74, 6) is 0.188. The lowest BCUT2D eigenvalue weighted by Crippen LogP contribution is -2.45. The number of phenolic OH excluding ortho intramolecular Hbond substituents is 1. The topological polar surface area (TPSA) is 100 Å². The predicted octanol–water partition coefficient (Wildman–Crippen LogP) is 2.00. The summed E-state index contributed by atoms with van der Waals surface area (Å²) >= 11 is 0. The second-order valence-corrected chi connectivity index (χ2v) is 6.67. The summed E-state index contributed by atoms with van der Waals surface area (Å²) in [6, 6.07) is 11.9. The highest BCUT2D eigenvalue weighted by Gasteiger charge is 2.31. The molecule has 0 fully saturated rings. The number of nitrogens with zero attached hydrogens (tertiary/aromatic N) is 2. The summed E-state index contributed by atoms with van der Waals surface area (Å²) in [6.07, 6.45) is 2.24. The van der Waals surface area contributed by atoms with Crippen molar-refractivity contribution in [2.24, 2.45) is 0 Å². The summed E-state index contributed by atoms with van der Waals surface area (Å²) < 4.78 is 1.46. The maximum absolute atomic E-state index is 13.1. The molecule has 27 heavy (non-hydrogen) atoms. The number of H-pyrrole nitrogens is 1. The molecular weight excluding hydrogens is 344 g/mol. The molecule has 1 unspecified atom stereocenters. The third kappa shape index (κ3) is 2.32. The molecule has 1 aliphatic heterocycles. The molecule has 4 aromatic rings. The first-order valence-corrected chi connectivity index (χ1v) is 8.69. The largest absolute Gasteiger partial charge is 0.506 e. The third-order valence-electron chi connectivity index (χ3n) is 5.11. The molecule has 0 bridgehead atoms. The van der Waals surface area contributed by atoms with Crippen LogP contribution in [0, 0.1) is 0 Å². The van der Waals surface area contributed by atoms with Crippen LogP contribution in [0.2, 0.25) is 0 Å². The maximum Gasteiger partial charge on any atom is 0.262 e. The number of aromatic hydroxyl groups is 1. The molecule has 1 aliphatic rings. The van der Waals surface area contributed by atoms with E-state index in [9.17, 15) is 14.7 Å². The van der Waals surface area contributed by atoms with Gasteiger partial charge in [-0.1, -0.05) is 24.3 Å². The Morgan fingerprint density at radius 1 is 1.11 bits per heavy atom. The molecule has 0 saturated carbocycles. The highest BCUT2D eigenvalue weighted by molar-refractivity contribution is 5.87. The van der Waals surface area contributed by atoms with E-state index in [1.54, 1.807) is 12.1 Å². The average Bonchev–Trinajstić information content (AvgIpc) is 3.08. The van der Waals surface area contributed by atoms with Crippen molar-refractivity contribution in [1.29, 1.82) is 0 Å². The zero-order valence-corrected chi connectivity index (χ0v) is 14.3. The van der Waals surface area contributed by atoms with Gasteiger partial charge in [-0.3, -0.25) is 14.2 Å². The number of fused-ring (bicyclic) bond motifs is 3. The Bertz CT molecular complexity index is 1270. The van der Waals surface area contributed by atoms with Crippen LogP contribution in [0.1, 0.15) is 17.4 Å². The quantitative estimate of drug-likeness (QED) is 0.509. The zero-order chi connectivity index (χ0) is 18.5. The average molecular weight is 360 g/mol. The molecule has 7 nitrogen and oxygen atoms in total. The van der Waals surface area contributed by atoms with E-state index in [2.05, 4.69) is 15.3 Å². The van der Waals surface area contributed by atoms with Gasteiger partial charge in [0.15, 0.2) is 0 Å². The lowest BCUT2D eigenvalue weighted by molar-refractivity contribution is -0.125. The number of para-hydroxylation sites is 2. The van der Waals surface area contributed by atoms with Gasteiger partial charge in [0.2, 0.25) is 5.91 Å². The van der Waals surface area contributed by atoms with Crippen LogP contribution >= 0.6 is 0 Å². The van der Waals surface area contributed by atoms with Gasteiger partial charge in [0.05, 0.1) is 11.9 Å². The number of rotatable bonds is 2. The number of phenols is 1. The SMILES string of the molecule is O=C1NCc2nc3c(O)cccc3c(=O)n2C1Cc1c[nH]c2ccccc12. The number of nitrogens with one attached hydrogen (secondary N) is 2. The van der Waals surface area contributed by atoms with E-state index in [0.29, 0.717) is 17.6 Å². The lowest BCUT2D eigenvalue weighted by atomic mass is 10.0. The van der Waals surface area contributed by atoms with Crippen LogP contribution in [0.5, 0.6) is 5.75 Å². The van der Waals surface area contributed by atoms with Gasteiger partial charge < -0.3 is 15.4 Å². The van der Waals surface area contributed by atoms with Crippen LogP contribution in [0.4, 0.5) is 0 Å². The Kier molecular flexibility index (Phi) is 3.30. The molecule has 2 aromatic heterocycles. The summed E-state index contributed by atoms with van der Waals surface area (Å²) in [7, 11) is 0. The Labute approximate surface area is 153 Å². The first-order valence-electron chi connectivity index (χ1n) is 8.69. The van der Waals surface area contributed by atoms with Crippen molar-refractivity contribution in [3.8, 4) is 5.75 Å². The van der Waals surface area contributed by atoms with E-state index in [1.807, 2.05) is 30.5 Å². The van der Waals surface area contributed by atoms with Crippen LogP contribution in [0.25, 0.3) is 21.8 Å². The fraction of sp³-hybridized carbons (Fsp3) is 0.150. The predicted molar refractivity (Wildman–Crippen MR) is 101 cm³/mol. The highest BCUT2D eigenvalue weighted by Crippen LogP contribution is 2.27. The molecule has 5 rings (SSSR count). The number of carbonyl (C=O) groups is 1. The zero-order valence-electron chi connectivity index (χ0n) is 14.3. The first-order chi connectivity index (χ1) is 13.1. The van der Waals surface area contributed by atoms with Crippen molar-refractivity contribution in [2.45, 2.75) is 19.0 Å². The van der Waals surface area contributed by atoms with Gasteiger partial charge in [-0.05, 0) is 23.8 Å². The van der Waals surface area contributed by atoms with Crippen molar-refractivity contribution in [3.05, 3.63) is 70.4 Å². The fourth-order valence-electron chi connectivity index (χ4n) is 3.79.